The Hall–Kier alpha value is 0.250. The van der Waals surface area contributed by atoms with Crippen LogP contribution in [0.15, 0.2) is 0 Å². The molecule has 0 aliphatic rings. The van der Waals surface area contributed by atoms with Gasteiger partial charge in [0.1, 0.15) is 0 Å². The van der Waals surface area contributed by atoms with E-state index in [1.165, 1.54) is 19.3 Å². The van der Waals surface area contributed by atoms with E-state index in [2.05, 4.69) is 27.7 Å². The smallest absolute Gasteiger partial charge is 0.0278 e. The van der Waals surface area contributed by atoms with E-state index in [0.29, 0.717) is 0 Å². The Morgan fingerprint density at radius 1 is 1.18 bits per heavy atom. The number of halogens is 1. The molecule has 0 amide bonds. The lowest BCUT2D eigenvalue weighted by Crippen LogP contribution is -2.34. The van der Waals surface area contributed by atoms with Crippen LogP contribution in [-0.2, 0) is 0 Å². The van der Waals surface area contributed by atoms with Crippen molar-refractivity contribution in [2.45, 2.75) is 52.5 Å². The molecule has 0 bridgehead atoms. The van der Waals surface area contributed by atoms with Gasteiger partial charge in [-0.15, -0.1) is 0 Å². The number of nitrogens with zero attached hydrogens (tertiary/aromatic N) is 1. The summed E-state index contributed by atoms with van der Waals surface area (Å²) >= 11 is 6.03. The lowest BCUT2D eigenvalue weighted by atomic mass is 10.1. The van der Waals surface area contributed by atoms with Crippen LogP contribution in [0.5, 0.6) is 0 Å². The molecule has 0 unspecified atom stereocenters. The molecule has 2 heteroatoms. The van der Waals surface area contributed by atoms with Gasteiger partial charge in [-0.3, -0.25) is 0 Å². The van der Waals surface area contributed by atoms with E-state index < -0.39 is 0 Å². The lowest BCUT2D eigenvalue weighted by Gasteiger charge is -2.28. The fourth-order valence-corrected chi connectivity index (χ4v) is 0.956. The number of hydrogen-bond acceptors (Lipinski definition) is 1. The SMILES string of the molecule is CCCCCN(Cl)C(C)(C)C. The first-order valence-electron chi connectivity index (χ1n) is 4.42. The third kappa shape index (κ3) is 5.51. The largest absolute Gasteiger partial charge is 0.215 e. The summed E-state index contributed by atoms with van der Waals surface area (Å²) in [6.07, 6.45) is 3.74. The van der Waals surface area contributed by atoms with Crippen molar-refractivity contribution in [1.29, 1.82) is 0 Å². The predicted molar refractivity (Wildman–Crippen MR) is 51.8 cm³/mol. The third-order valence-electron chi connectivity index (χ3n) is 1.69. The van der Waals surface area contributed by atoms with Crippen molar-refractivity contribution in [1.82, 2.24) is 4.42 Å². The van der Waals surface area contributed by atoms with E-state index in [4.69, 9.17) is 11.8 Å². The van der Waals surface area contributed by atoms with Crippen molar-refractivity contribution < 1.29 is 0 Å². The zero-order chi connectivity index (χ0) is 8.91. The summed E-state index contributed by atoms with van der Waals surface area (Å²) < 4.78 is 1.89. The van der Waals surface area contributed by atoms with Gasteiger partial charge in [-0.05, 0) is 39.0 Å². The number of rotatable bonds is 4. The maximum atomic E-state index is 6.03. The summed E-state index contributed by atoms with van der Waals surface area (Å²) in [7, 11) is 0. The first-order valence-corrected chi connectivity index (χ1v) is 4.75. The van der Waals surface area contributed by atoms with Crippen LogP contribution in [0, 0.1) is 0 Å². The highest BCUT2D eigenvalue weighted by Crippen LogP contribution is 2.16. The highest BCUT2D eigenvalue weighted by Gasteiger charge is 2.17. The van der Waals surface area contributed by atoms with Crippen LogP contribution in [-0.4, -0.2) is 16.5 Å². The molecule has 0 aromatic rings. The zero-order valence-electron chi connectivity index (χ0n) is 8.15. The van der Waals surface area contributed by atoms with Gasteiger partial charge >= 0.3 is 0 Å². The summed E-state index contributed by atoms with van der Waals surface area (Å²) in [6.45, 7) is 9.60. The van der Waals surface area contributed by atoms with Gasteiger partial charge in [0.2, 0.25) is 0 Å². The molecule has 0 radical (unpaired) electrons. The molecule has 0 rings (SSSR count). The standard InChI is InChI=1S/C9H20ClN/c1-5-6-7-8-11(10)9(2,3)4/h5-8H2,1-4H3. The lowest BCUT2D eigenvalue weighted by molar-refractivity contribution is 0.257. The van der Waals surface area contributed by atoms with Crippen LogP contribution in [0.1, 0.15) is 47.0 Å². The first kappa shape index (κ1) is 11.2. The molecule has 1 nitrogen and oxygen atoms in total. The maximum absolute atomic E-state index is 6.03. The number of unbranched alkanes of at least 4 members (excludes halogenated alkanes) is 2. The summed E-state index contributed by atoms with van der Waals surface area (Å²) in [4.78, 5) is 0. The molecule has 0 aliphatic heterocycles. The average Bonchev–Trinajstić information content (AvgIpc) is 1.86. The molecular weight excluding hydrogens is 158 g/mol. The Morgan fingerprint density at radius 3 is 2.09 bits per heavy atom. The van der Waals surface area contributed by atoms with Crippen LogP contribution in [0.3, 0.4) is 0 Å². The summed E-state index contributed by atoms with van der Waals surface area (Å²) in [5, 5.41) is 0. The molecule has 0 saturated carbocycles. The van der Waals surface area contributed by atoms with E-state index in [0.717, 1.165) is 6.54 Å². The van der Waals surface area contributed by atoms with Crippen LogP contribution in [0.4, 0.5) is 0 Å². The Kier molecular flexibility index (Phi) is 5.11. The summed E-state index contributed by atoms with van der Waals surface area (Å²) in [6, 6.07) is 0. The quantitative estimate of drug-likeness (QED) is 0.470. The molecule has 0 aromatic carbocycles. The average molecular weight is 178 g/mol. The molecule has 0 saturated heterocycles. The van der Waals surface area contributed by atoms with Crippen LogP contribution in [0.2, 0.25) is 0 Å². The molecule has 0 fully saturated rings. The van der Waals surface area contributed by atoms with Crippen molar-refractivity contribution in [3.8, 4) is 0 Å². The Morgan fingerprint density at radius 2 is 1.73 bits per heavy atom. The van der Waals surface area contributed by atoms with Crippen molar-refractivity contribution >= 4 is 11.8 Å². The van der Waals surface area contributed by atoms with Crippen LogP contribution in [0.25, 0.3) is 0 Å². The third-order valence-corrected chi connectivity index (χ3v) is 2.36. The molecule has 0 spiro atoms. The van der Waals surface area contributed by atoms with Gasteiger partial charge < -0.3 is 0 Å². The Bertz CT molecular complexity index is 96.2. The minimum Gasteiger partial charge on any atom is -0.215 e. The van der Waals surface area contributed by atoms with Gasteiger partial charge in [0.15, 0.2) is 0 Å². The molecule has 68 valence electrons. The minimum atomic E-state index is 0.106. The van der Waals surface area contributed by atoms with Gasteiger partial charge in [0.25, 0.3) is 0 Å². The Labute approximate surface area is 75.8 Å². The van der Waals surface area contributed by atoms with Gasteiger partial charge in [-0.1, -0.05) is 19.8 Å². The second kappa shape index (κ2) is 5.00. The fraction of sp³-hybridized carbons (Fsp3) is 1.00. The first-order chi connectivity index (χ1) is 4.98. The summed E-state index contributed by atoms with van der Waals surface area (Å²) in [5.74, 6) is 0. The molecule has 0 aliphatic carbocycles. The maximum Gasteiger partial charge on any atom is 0.0278 e. The fourth-order valence-electron chi connectivity index (χ4n) is 0.836. The topological polar surface area (TPSA) is 3.24 Å². The van der Waals surface area contributed by atoms with Crippen molar-refractivity contribution in [2.75, 3.05) is 6.54 Å². The Balaban J connectivity index is 3.44. The van der Waals surface area contributed by atoms with Crippen LogP contribution < -0.4 is 0 Å². The number of hydrogen-bond donors (Lipinski definition) is 0. The highest BCUT2D eigenvalue weighted by atomic mass is 35.5. The van der Waals surface area contributed by atoms with Gasteiger partial charge in [0, 0.05) is 12.1 Å². The second-order valence-electron chi connectivity index (χ2n) is 3.96. The zero-order valence-corrected chi connectivity index (χ0v) is 8.91. The van der Waals surface area contributed by atoms with Crippen molar-refractivity contribution in [3.63, 3.8) is 0 Å². The van der Waals surface area contributed by atoms with Crippen molar-refractivity contribution in [3.05, 3.63) is 0 Å². The summed E-state index contributed by atoms with van der Waals surface area (Å²) in [5.41, 5.74) is 0.106. The second-order valence-corrected chi connectivity index (χ2v) is 4.37. The molecule has 11 heavy (non-hydrogen) atoms. The van der Waals surface area contributed by atoms with Gasteiger partial charge in [0.05, 0.1) is 0 Å². The monoisotopic (exact) mass is 177 g/mol. The van der Waals surface area contributed by atoms with Gasteiger partial charge in [-0.2, -0.15) is 0 Å². The van der Waals surface area contributed by atoms with E-state index in [-0.39, 0.29) is 5.54 Å². The van der Waals surface area contributed by atoms with Crippen LogP contribution >= 0.6 is 11.8 Å². The van der Waals surface area contributed by atoms with Crippen molar-refractivity contribution in [2.24, 2.45) is 0 Å². The minimum absolute atomic E-state index is 0.106. The molecular formula is C9H20ClN. The van der Waals surface area contributed by atoms with E-state index in [1.54, 1.807) is 0 Å². The predicted octanol–water partition coefficient (Wildman–Crippen LogP) is 3.43. The molecule has 0 aromatic heterocycles. The molecule has 0 heterocycles. The van der Waals surface area contributed by atoms with E-state index in [9.17, 15) is 0 Å². The molecule has 0 N–H and O–H groups in total. The highest BCUT2D eigenvalue weighted by molar-refractivity contribution is 6.13. The van der Waals surface area contributed by atoms with E-state index in [1.807, 2.05) is 4.42 Å². The molecule has 0 atom stereocenters. The van der Waals surface area contributed by atoms with E-state index >= 15 is 0 Å². The van der Waals surface area contributed by atoms with Gasteiger partial charge in [-0.25, -0.2) is 4.42 Å². The normalized spacial score (nSPS) is 12.5.